The molecule has 14 rings (SSSR count). The largest absolute Gasteiger partial charge is 0.508 e. The summed E-state index contributed by atoms with van der Waals surface area (Å²) in [5.74, 6) is 3.53. The van der Waals surface area contributed by atoms with Crippen LogP contribution in [0.25, 0.3) is 11.1 Å². The maximum Gasteiger partial charge on any atom is 0.188 e. The van der Waals surface area contributed by atoms with E-state index < -0.39 is 23.9 Å². The van der Waals surface area contributed by atoms with Crippen LogP contribution in [0.5, 0.6) is 28.7 Å². The van der Waals surface area contributed by atoms with Gasteiger partial charge in [-0.2, -0.15) is 0 Å². The van der Waals surface area contributed by atoms with E-state index in [1.54, 1.807) is 13.2 Å². The molecule has 1 saturated heterocycles. The van der Waals surface area contributed by atoms with Crippen LogP contribution in [0.3, 0.4) is 0 Å². The van der Waals surface area contributed by atoms with E-state index in [4.69, 9.17) is 29.7 Å². The fraction of sp³-hybridized carbons (Fsp3) is 0.696. The number of aromatic hydroxyl groups is 2. The highest BCUT2D eigenvalue weighted by Crippen LogP contribution is 2.64. The van der Waals surface area contributed by atoms with E-state index >= 15 is 0 Å². The molecular weight excluding hydrogens is 1030 g/mol. The molecule has 8 bridgehead atoms. The molecule has 3 aromatic carbocycles. The minimum absolute atomic E-state index is 0.000144. The zero-order valence-electron chi connectivity index (χ0n) is 50.1. The van der Waals surface area contributed by atoms with Crippen molar-refractivity contribution in [3.05, 3.63) is 76.4 Å². The number of fused-ring (bicyclic) bond motifs is 2. The quantitative estimate of drug-likeness (QED) is 0.0705. The van der Waals surface area contributed by atoms with Gasteiger partial charge in [-0.3, -0.25) is 4.99 Å². The Hall–Kier alpha value is -4.53. The van der Waals surface area contributed by atoms with Crippen molar-refractivity contribution in [1.82, 2.24) is 5.32 Å². The van der Waals surface area contributed by atoms with E-state index in [1.807, 2.05) is 24.3 Å². The highest BCUT2D eigenvalue weighted by atomic mass is 16.5. The summed E-state index contributed by atoms with van der Waals surface area (Å²) in [5, 5.41) is 75.1. The number of ether oxygens (including phenoxy) is 4. The van der Waals surface area contributed by atoms with E-state index in [-0.39, 0.29) is 70.9 Å². The van der Waals surface area contributed by atoms with Crippen molar-refractivity contribution >= 4 is 5.96 Å². The third-order valence-corrected chi connectivity index (χ3v) is 22.3. The maximum absolute atomic E-state index is 13.0. The fourth-order valence-corrected chi connectivity index (χ4v) is 18.0. The predicted molar refractivity (Wildman–Crippen MR) is 322 cm³/mol. The van der Waals surface area contributed by atoms with Gasteiger partial charge in [0.2, 0.25) is 0 Å². The van der Waals surface area contributed by atoms with Gasteiger partial charge in [0, 0.05) is 55.8 Å². The van der Waals surface area contributed by atoms with Gasteiger partial charge in [-0.1, -0.05) is 90.9 Å². The number of nitrogens with two attached hydrogens (primary N) is 1. The summed E-state index contributed by atoms with van der Waals surface area (Å²) in [5.41, 5.74) is 12.4. The zero-order valence-corrected chi connectivity index (χ0v) is 50.1. The molecule has 2 spiro atoms. The van der Waals surface area contributed by atoms with Crippen LogP contribution < -0.4 is 25.3 Å². The number of guanidine groups is 1. The lowest BCUT2D eigenvalue weighted by molar-refractivity contribution is -0.174. The maximum atomic E-state index is 13.0. The second kappa shape index (κ2) is 24.8. The lowest BCUT2D eigenvalue weighted by Gasteiger charge is -2.53. The number of phenols is 2. The van der Waals surface area contributed by atoms with Crippen LogP contribution in [-0.4, -0.2) is 100 Å². The molecule has 0 aromatic heterocycles. The number of aliphatic hydroxyl groups is 4. The molecule has 13 nitrogen and oxygen atoms in total. The topological polar surface area (TPSA) is 209 Å². The molecular formula is C69H99N3O10. The molecule has 6 heterocycles. The summed E-state index contributed by atoms with van der Waals surface area (Å²) in [6.45, 7) is 10.6. The van der Waals surface area contributed by atoms with Gasteiger partial charge >= 0.3 is 0 Å². The molecule has 3 saturated carbocycles. The van der Waals surface area contributed by atoms with Crippen molar-refractivity contribution in [3.8, 4) is 39.9 Å². The summed E-state index contributed by atoms with van der Waals surface area (Å²) in [6, 6.07) is 11.4. The number of aliphatic imine (C=N–C) groups is 1. The van der Waals surface area contributed by atoms with Crippen molar-refractivity contribution in [2.24, 2.45) is 63.0 Å². The number of hydrogen-bond acceptors (Lipinski definition) is 13. The molecule has 0 radical (unpaired) electrons. The molecule has 5 aliphatic carbocycles. The Balaban J connectivity index is 1.02. The van der Waals surface area contributed by atoms with Gasteiger partial charge in [0.25, 0.3) is 0 Å². The van der Waals surface area contributed by atoms with Gasteiger partial charge in [0.15, 0.2) is 17.5 Å². The van der Waals surface area contributed by atoms with Gasteiger partial charge in [0.05, 0.1) is 31.0 Å². The summed E-state index contributed by atoms with van der Waals surface area (Å²) in [7, 11) is 1.72. The van der Waals surface area contributed by atoms with Crippen LogP contribution in [0.2, 0.25) is 0 Å². The predicted octanol–water partition coefficient (Wildman–Crippen LogP) is 11.9. The Bertz CT molecular complexity index is 2770. The Kier molecular flexibility index (Phi) is 17.9. The average Bonchev–Trinajstić information content (AvgIpc) is 2.62. The van der Waals surface area contributed by atoms with E-state index in [0.29, 0.717) is 98.2 Å². The van der Waals surface area contributed by atoms with E-state index in [2.05, 4.69) is 51.2 Å². The van der Waals surface area contributed by atoms with Crippen LogP contribution in [0, 0.1) is 52.3 Å². The van der Waals surface area contributed by atoms with Crippen molar-refractivity contribution in [2.75, 3.05) is 33.4 Å². The normalized spacial score (nSPS) is 34.0. The Labute approximate surface area is 488 Å². The van der Waals surface area contributed by atoms with Crippen LogP contribution in [0.15, 0.2) is 53.5 Å². The number of phenolic OH excluding ortho intramolecular Hbond substituents is 2. The molecule has 13 heteroatoms. The standard InChI is InChI=1S/C69H99N3O10/c1-6-7-8-13-42(4)51-30-44-17-16-43(51)29-49(74)37-68(22-12-21-67(68)25-27-80-62(38-67)69(78)23-9-10-24-69)40-72-66(70)71-26-20-50-46(39-73)14-11-15-58(50)81-60-34-45(18-19-55(60)75)65-57(77)35-54-59(82-65)36-61(79-5)64-53-32-48(28-41(2)3)56(76)33-47(53)31-52(44)63(54)64/h16-19,32-34,36,41-44,46,49-52,57-58,62,65,73-78H,6-15,20-31,35,37-40H2,1-5H3,(H3,70,71,72)/t42-,43-,44-,46-,49-,50-,51-,52-,57+,58-,62-,65-,67+,68-/m0/s1. The SMILES string of the molecule is CCCCC[C@H](C)[C@@H]1C[C@@H]2C=C[C@H]1C[C@H](O)C[C@@]1(CCC[C@]13CCO[C@H](C1(O)CCCC1)C3)CN=C(N)NCC[C@H]1[C@H](CO)CCC[C@@H]1Oc1cc(ccc1O)[C@@H]1Oc3cc(OC)c4c(c3C[C@H]1O)[C@H]2Cc1cc(O)c(CC(C)C)cc1-4. The molecule has 0 amide bonds. The fourth-order valence-electron chi connectivity index (χ4n) is 18.0. The third kappa shape index (κ3) is 11.7. The van der Waals surface area contributed by atoms with Crippen LogP contribution in [0.1, 0.15) is 196 Å². The number of hydrogen-bond donors (Lipinski definition) is 8. The van der Waals surface area contributed by atoms with E-state index in [1.165, 1.54) is 6.42 Å². The van der Waals surface area contributed by atoms with Crippen molar-refractivity contribution in [2.45, 2.75) is 217 Å². The number of nitrogens with one attached hydrogen (secondary N) is 1. The number of nitrogens with zero attached hydrogens (tertiary/aromatic N) is 1. The molecule has 3 aromatic rings. The number of allylic oxidation sites excluding steroid dienone is 2. The van der Waals surface area contributed by atoms with Gasteiger partial charge in [-0.05, 0) is 201 Å². The smallest absolute Gasteiger partial charge is 0.188 e. The molecule has 14 atom stereocenters. The molecule has 11 aliphatic rings. The second-order valence-corrected chi connectivity index (χ2v) is 27.8. The molecule has 0 unspecified atom stereocenters. The van der Waals surface area contributed by atoms with Gasteiger partial charge < -0.3 is 60.6 Å². The van der Waals surface area contributed by atoms with Crippen LogP contribution in [0.4, 0.5) is 0 Å². The minimum Gasteiger partial charge on any atom is -0.508 e. The molecule has 4 fully saturated rings. The number of rotatable bonds is 10. The van der Waals surface area contributed by atoms with E-state index in [0.717, 1.165) is 143 Å². The Morgan fingerprint density at radius 3 is 2.43 bits per heavy atom. The monoisotopic (exact) mass is 1130 g/mol. The number of benzene rings is 3. The van der Waals surface area contributed by atoms with Gasteiger partial charge in [-0.25, -0.2) is 0 Å². The van der Waals surface area contributed by atoms with Crippen molar-refractivity contribution < 1.29 is 49.6 Å². The Morgan fingerprint density at radius 2 is 1.65 bits per heavy atom. The van der Waals surface area contributed by atoms with Gasteiger partial charge in [0.1, 0.15) is 29.5 Å². The first kappa shape index (κ1) is 59.2. The zero-order chi connectivity index (χ0) is 57.5. The molecule has 82 heavy (non-hydrogen) atoms. The number of methoxy groups -OCH3 is 1. The lowest BCUT2D eigenvalue weighted by Crippen LogP contribution is -2.54. The minimum atomic E-state index is -0.931. The summed E-state index contributed by atoms with van der Waals surface area (Å²) in [6.07, 6.45) is 21.8. The Morgan fingerprint density at radius 1 is 0.841 bits per heavy atom. The van der Waals surface area contributed by atoms with E-state index in [9.17, 15) is 30.6 Å². The molecule has 9 N–H and O–H groups in total. The molecule has 6 aliphatic heterocycles. The highest BCUT2D eigenvalue weighted by Gasteiger charge is 2.59. The first-order valence-corrected chi connectivity index (χ1v) is 32.3. The third-order valence-electron chi connectivity index (χ3n) is 22.3. The number of unbranched alkanes of at least 4 members (excludes halogenated alkanes) is 2. The molecule has 450 valence electrons. The number of aliphatic hydroxyl groups excluding tert-OH is 3. The highest BCUT2D eigenvalue weighted by molar-refractivity contribution is 5.84. The van der Waals surface area contributed by atoms with Gasteiger partial charge in [-0.15, -0.1) is 0 Å². The lowest BCUT2D eigenvalue weighted by atomic mass is 9.56. The summed E-state index contributed by atoms with van der Waals surface area (Å²) < 4.78 is 26.9. The summed E-state index contributed by atoms with van der Waals surface area (Å²) in [4.78, 5) is 5.24. The second-order valence-electron chi connectivity index (χ2n) is 27.8. The summed E-state index contributed by atoms with van der Waals surface area (Å²) >= 11 is 0. The van der Waals surface area contributed by atoms with Crippen LogP contribution in [-0.2, 0) is 24.0 Å². The first-order chi connectivity index (χ1) is 39.5. The van der Waals surface area contributed by atoms with Crippen molar-refractivity contribution in [1.29, 1.82) is 0 Å². The van der Waals surface area contributed by atoms with Crippen molar-refractivity contribution in [3.63, 3.8) is 0 Å². The van der Waals surface area contributed by atoms with Crippen LogP contribution >= 0.6 is 0 Å². The first-order valence-electron chi connectivity index (χ1n) is 32.3. The average molecular weight is 1130 g/mol.